The quantitative estimate of drug-likeness (QED) is 0.648. The summed E-state index contributed by atoms with van der Waals surface area (Å²) in [7, 11) is 0. The van der Waals surface area contributed by atoms with E-state index < -0.39 is 0 Å². The van der Waals surface area contributed by atoms with Crippen LogP contribution in [0.4, 0.5) is 0 Å². The van der Waals surface area contributed by atoms with Gasteiger partial charge in [0.15, 0.2) is 0 Å². The molecule has 0 spiro atoms. The molecule has 0 fully saturated rings. The van der Waals surface area contributed by atoms with E-state index in [4.69, 9.17) is 23.2 Å². The van der Waals surface area contributed by atoms with Crippen molar-refractivity contribution in [2.24, 2.45) is 0 Å². The lowest BCUT2D eigenvalue weighted by atomic mass is 10.1. The summed E-state index contributed by atoms with van der Waals surface area (Å²) in [6.07, 6.45) is 0. The van der Waals surface area contributed by atoms with Crippen molar-refractivity contribution < 1.29 is 0 Å². The van der Waals surface area contributed by atoms with E-state index in [9.17, 15) is 0 Å². The molecule has 88 valence electrons. The fourth-order valence-corrected chi connectivity index (χ4v) is 2.25. The molecule has 1 heterocycles. The first kappa shape index (κ1) is 11.5. The van der Waals surface area contributed by atoms with E-state index in [0.29, 0.717) is 15.7 Å². The summed E-state index contributed by atoms with van der Waals surface area (Å²) in [6, 6.07) is 15.1. The van der Waals surface area contributed by atoms with Crippen molar-refractivity contribution in [1.29, 1.82) is 0 Å². The summed E-state index contributed by atoms with van der Waals surface area (Å²) in [4.78, 5) is 0. The molecule has 18 heavy (non-hydrogen) atoms. The highest BCUT2D eigenvalue weighted by molar-refractivity contribution is 6.37. The molecule has 2 nitrogen and oxygen atoms in total. The molecule has 0 N–H and O–H groups in total. The van der Waals surface area contributed by atoms with Gasteiger partial charge in [-0.15, -0.1) is 10.2 Å². The molecular weight excluding hydrogens is 267 g/mol. The average Bonchev–Trinajstić information content (AvgIpc) is 2.41. The van der Waals surface area contributed by atoms with Crippen molar-refractivity contribution in [1.82, 2.24) is 10.2 Å². The average molecular weight is 275 g/mol. The Bertz CT molecular complexity index is 709. The molecule has 0 aliphatic carbocycles. The van der Waals surface area contributed by atoms with E-state index in [1.54, 1.807) is 0 Å². The zero-order valence-corrected chi connectivity index (χ0v) is 10.8. The fraction of sp³-hybridized carbons (Fsp3) is 0. The molecule has 4 heteroatoms. The molecule has 0 amide bonds. The lowest BCUT2D eigenvalue weighted by Gasteiger charge is -2.05. The Kier molecular flexibility index (Phi) is 2.90. The Morgan fingerprint density at radius 1 is 0.778 bits per heavy atom. The molecule has 0 unspecified atom stereocenters. The minimum Gasteiger partial charge on any atom is -0.150 e. The number of hydrogen-bond acceptors (Lipinski definition) is 2. The maximum Gasteiger partial charge on any atom is 0.112 e. The first-order valence-corrected chi connectivity index (χ1v) is 6.18. The van der Waals surface area contributed by atoms with Crippen LogP contribution < -0.4 is 0 Å². The smallest absolute Gasteiger partial charge is 0.112 e. The van der Waals surface area contributed by atoms with Gasteiger partial charge in [-0.05, 0) is 18.2 Å². The Labute approximate surface area is 114 Å². The van der Waals surface area contributed by atoms with Crippen molar-refractivity contribution in [3.63, 3.8) is 0 Å². The van der Waals surface area contributed by atoms with Crippen LogP contribution in [0.1, 0.15) is 0 Å². The van der Waals surface area contributed by atoms with Crippen molar-refractivity contribution in [3.8, 4) is 11.3 Å². The number of rotatable bonds is 1. The highest BCUT2D eigenvalue weighted by atomic mass is 35.5. The Morgan fingerprint density at radius 3 is 2.28 bits per heavy atom. The van der Waals surface area contributed by atoms with Gasteiger partial charge >= 0.3 is 0 Å². The van der Waals surface area contributed by atoms with Gasteiger partial charge in [-0.25, -0.2) is 0 Å². The second kappa shape index (κ2) is 4.56. The van der Waals surface area contributed by atoms with E-state index in [0.717, 1.165) is 16.5 Å². The number of benzene rings is 2. The van der Waals surface area contributed by atoms with Gasteiger partial charge in [0.1, 0.15) is 5.69 Å². The van der Waals surface area contributed by atoms with Crippen LogP contribution in [0, 0.1) is 0 Å². The number of fused-ring (bicyclic) bond motifs is 1. The van der Waals surface area contributed by atoms with Crippen LogP contribution in [-0.4, -0.2) is 10.2 Å². The molecule has 3 aromatic rings. The minimum atomic E-state index is 0.614. The predicted molar refractivity (Wildman–Crippen MR) is 75.0 cm³/mol. The number of halogens is 2. The van der Waals surface area contributed by atoms with E-state index in [-0.39, 0.29) is 0 Å². The van der Waals surface area contributed by atoms with Gasteiger partial charge in [0, 0.05) is 16.0 Å². The second-order valence-corrected chi connectivity index (χ2v) is 4.70. The molecule has 0 radical (unpaired) electrons. The van der Waals surface area contributed by atoms with E-state index in [1.165, 1.54) is 0 Å². The van der Waals surface area contributed by atoms with Gasteiger partial charge in [-0.3, -0.25) is 0 Å². The first-order chi connectivity index (χ1) is 8.75. The molecule has 0 saturated heterocycles. The van der Waals surface area contributed by atoms with Crippen LogP contribution in [0.2, 0.25) is 10.0 Å². The van der Waals surface area contributed by atoms with Gasteiger partial charge in [0.25, 0.3) is 0 Å². The maximum atomic E-state index is 6.38. The highest BCUT2D eigenvalue weighted by Crippen LogP contribution is 2.31. The van der Waals surface area contributed by atoms with Crippen LogP contribution in [0.15, 0.2) is 48.5 Å². The molecule has 0 aliphatic rings. The summed E-state index contributed by atoms with van der Waals surface area (Å²) in [6.45, 7) is 0. The predicted octanol–water partition coefficient (Wildman–Crippen LogP) is 4.60. The van der Waals surface area contributed by atoms with Crippen molar-refractivity contribution in [2.45, 2.75) is 0 Å². The van der Waals surface area contributed by atoms with E-state index >= 15 is 0 Å². The number of hydrogen-bond donors (Lipinski definition) is 0. The first-order valence-electron chi connectivity index (χ1n) is 5.42. The number of aromatic nitrogens is 2. The van der Waals surface area contributed by atoms with Crippen LogP contribution in [0.3, 0.4) is 0 Å². The van der Waals surface area contributed by atoms with Crippen molar-refractivity contribution >= 4 is 34.1 Å². The third-order valence-corrected chi connectivity index (χ3v) is 3.36. The molecule has 0 bridgehead atoms. The molecule has 2 aromatic carbocycles. The largest absolute Gasteiger partial charge is 0.150 e. The van der Waals surface area contributed by atoms with E-state index in [2.05, 4.69) is 10.2 Å². The third-order valence-electron chi connectivity index (χ3n) is 2.72. The summed E-state index contributed by atoms with van der Waals surface area (Å²) < 4.78 is 0. The van der Waals surface area contributed by atoms with Gasteiger partial charge < -0.3 is 0 Å². The Morgan fingerprint density at radius 2 is 1.50 bits per heavy atom. The minimum absolute atomic E-state index is 0.614. The summed E-state index contributed by atoms with van der Waals surface area (Å²) in [5.41, 5.74) is 2.37. The Hall–Kier alpha value is -1.64. The Balaban J connectivity index is 2.24. The summed E-state index contributed by atoms with van der Waals surface area (Å²) >= 11 is 12.2. The standard InChI is InChI=1S/C14H8Cl2N2/c15-10-7-5-9(6-8-10)14-13(16)11-3-1-2-4-12(11)17-18-14/h1-8H. The monoisotopic (exact) mass is 274 g/mol. The molecule has 0 aliphatic heterocycles. The molecular formula is C14H8Cl2N2. The molecule has 0 saturated carbocycles. The SMILES string of the molecule is Clc1ccc(-c2nnc3ccccc3c2Cl)cc1. The van der Waals surface area contributed by atoms with Crippen molar-refractivity contribution in [3.05, 3.63) is 58.6 Å². The topological polar surface area (TPSA) is 25.8 Å². The second-order valence-electron chi connectivity index (χ2n) is 3.89. The van der Waals surface area contributed by atoms with Gasteiger partial charge in [0.2, 0.25) is 0 Å². The summed E-state index contributed by atoms with van der Waals surface area (Å²) in [5.74, 6) is 0. The normalized spacial score (nSPS) is 10.8. The number of nitrogens with zero attached hydrogens (tertiary/aromatic N) is 2. The van der Waals surface area contributed by atoms with Crippen LogP contribution in [0.5, 0.6) is 0 Å². The fourth-order valence-electron chi connectivity index (χ4n) is 1.81. The lowest BCUT2D eigenvalue weighted by molar-refractivity contribution is 1.08. The lowest BCUT2D eigenvalue weighted by Crippen LogP contribution is -1.91. The highest BCUT2D eigenvalue weighted by Gasteiger charge is 2.10. The zero-order chi connectivity index (χ0) is 12.5. The van der Waals surface area contributed by atoms with Crippen molar-refractivity contribution in [2.75, 3.05) is 0 Å². The molecule has 0 atom stereocenters. The zero-order valence-electron chi connectivity index (χ0n) is 9.27. The molecule has 1 aromatic heterocycles. The molecule has 3 rings (SSSR count). The van der Waals surface area contributed by atoms with Gasteiger partial charge in [0.05, 0.1) is 10.5 Å². The maximum absolute atomic E-state index is 6.38. The summed E-state index contributed by atoms with van der Waals surface area (Å²) in [5, 5.41) is 10.6. The van der Waals surface area contributed by atoms with E-state index in [1.807, 2.05) is 48.5 Å². The third kappa shape index (κ3) is 1.94. The van der Waals surface area contributed by atoms with Gasteiger partial charge in [-0.1, -0.05) is 53.5 Å². The van der Waals surface area contributed by atoms with Crippen LogP contribution in [0.25, 0.3) is 22.2 Å². The van der Waals surface area contributed by atoms with Crippen LogP contribution >= 0.6 is 23.2 Å². The van der Waals surface area contributed by atoms with Crippen LogP contribution in [-0.2, 0) is 0 Å². The van der Waals surface area contributed by atoms with Gasteiger partial charge in [-0.2, -0.15) is 0 Å².